The van der Waals surface area contributed by atoms with Crippen molar-refractivity contribution in [1.82, 2.24) is 4.90 Å². The largest absolute Gasteiger partial charge is 0.510 e. The van der Waals surface area contributed by atoms with Crippen LogP contribution in [0.25, 0.3) is 11.1 Å². The van der Waals surface area contributed by atoms with E-state index in [0.717, 1.165) is 0 Å². The van der Waals surface area contributed by atoms with E-state index in [0.29, 0.717) is 22.4 Å². The van der Waals surface area contributed by atoms with Crippen LogP contribution in [-0.2, 0) is 20.8 Å². The molecule has 12 heteroatoms. The minimum Gasteiger partial charge on any atom is -0.510 e. The van der Waals surface area contributed by atoms with E-state index in [1.165, 1.54) is 11.0 Å². The van der Waals surface area contributed by atoms with Gasteiger partial charge in [0, 0.05) is 17.2 Å². The zero-order chi connectivity index (χ0) is 30.0. The number of hydrogen-bond acceptors (Lipinski definition) is 9. The third-order valence-electron chi connectivity index (χ3n) is 8.21. The molecule has 0 spiro atoms. The number of phenolic OH excluding ortho intramolecular Hbond substituents is 1. The number of likely N-dealkylation sites (N-methyl/N-ethyl adjacent to an activating group) is 1. The van der Waals surface area contributed by atoms with Gasteiger partial charge in [-0.1, -0.05) is 18.2 Å². The Morgan fingerprint density at radius 2 is 1.76 bits per heavy atom. The van der Waals surface area contributed by atoms with Gasteiger partial charge in [0.2, 0.25) is 11.7 Å². The Labute approximate surface area is 239 Å². The molecule has 0 saturated carbocycles. The molecule has 4 atom stereocenters. The number of aromatic hydroxyl groups is 1. The lowest BCUT2D eigenvalue weighted by atomic mass is 9.58. The molecule has 5 rings (SSSR count). The summed E-state index contributed by atoms with van der Waals surface area (Å²) in [6, 6.07) is 8.73. The predicted octanol–water partition coefficient (Wildman–Crippen LogP) is 1.96. The Morgan fingerprint density at radius 1 is 1.10 bits per heavy atom. The summed E-state index contributed by atoms with van der Waals surface area (Å²) in [7, 11) is 3.14. The Balaban J connectivity index is 1.64. The molecule has 3 aliphatic carbocycles. The summed E-state index contributed by atoms with van der Waals surface area (Å²) < 4.78 is 0. The van der Waals surface area contributed by atoms with Crippen LogP contribution in [0.3, 0.4) is 0 Å². The van der Waals surface area contributed by atoms with Crippen LogP contribution >= 0.6 is 11.6 Å². The van der Waals surface area contributed by atoms with E-state index in [9.17, 15) is 39.6 Å². The number of benzene rings is 2. The standard InChI is InChI=1S/C29H28ClN3O8/c1-33(2)23-17-10-13-9-16-15(12-3-5-14(6-4-12)32-19(35)11-30)7-8-18(34)21(16)24(36)20(13)26(38)29(17,41)27(39)22(25(23)37)28(31)40/h3-8,13,17,23,34,37-38,41H,9-11H2,1-2H3,(H2,31,40)(H,32,35)/t13-,17-,23+,29-/m0/s1. The van der Waals surface area contributed by atoms with Crippen molar-refractivity contribution in [2.75, 3.05) is 25.3 Å². The molecule has 0 unspecified atom stereocenters. The quantitative estimate of drug-likeness (QED) is 0.226. The molecule has 2 aromatic rings. The van der Waals surface area contributed by atoms with Crippen LogP contribution in [0.5, 0.6) is 5.75 Å². The first-order chi connectivity index (χ1) is 19.3. The first kappa shape index (κ1) is 28.3. The highest BCUT2D eigenvalue weighted by Crippen LogP contribution is 2.53. The fourth-order valence-electron chi connectivity index (χ4n) is 6.45. The second-order valence-corrected chi connectivity index (χ2v) is 11.0. The smallest absolute Gasteiger partial charge is 0.255 e. The van der Waals surface area contributed by atoms with Gasteiger partial charge in [0.15, 0.2) is 11.4 Å². The zero-order valence-corrected chi connectivity index (χ0v) is 22.9. The molecule has 0 heterocycles. The van der Waals surface area contributed by atoms with Crippen molar-refractivity contribution in [2.24, 2.45) is 17.6 Å². The summed E-state index contributed by atoms with van der Waals surface area (Å²) in [4.78, 5) is 52.5. The topological polar surface area (TPSA) is 190 Å². The molecule has 2 amide bonds. The van der Waals surface area contributed by atoms with Gasteiger partial charge < -0.3 is 31.5 Å². The van der Waals surface area contributed by atoms with E-state index in [-0.39, 0.29) is 41.5 Å². The Bertz CT molecular complexity index is 1580. The SMILES string of the molecule is CN(C)[C@H]1C(O)=C(C(N)=O)C(=O)[C@@]2(O)C(O)=C3C(=O)c4c(O)ccc(-c5ccc(NC(=O)CCl)cc5)c4C[C@H]3C[C@@H]12. The van der Waals surface area contributed by atoms with Gasteiger partial charge in [0.05, 0.1) is 11.6 Å². The lowest BCUT2D eigenvalue weighted by Gasteiger charge is -2.50. The van der Waals surface area contributed by atoms with Crippen LogP contribution in [0.15, 0.2) is 59.1 Å². The van der Waals surface area contributed by atoms with E-state index < -0.39 is 58.0 Å². The summed E-state index contributed by atoms with van der Waals surface area (Å²) in [5.74, 6) is -7.58. The highest BCUT2D eigenvalue weighted by atomic mass is 35.5. The number of aliphatic hydroxyl groups excluding tert-OH is 2. The summed E-state index contributed by atoms with van der Waals surface area (Å²) in [6.07, 6.45) is 0.146. The maximum atomic E-state index is 13.9. The van der Waals surface area contributed by atoms with Gasteiger partial charge in [-0.3, -0.25) is 24.1 Å². The number of amides is 2. The second-order valence-electron chi connectivity index (χ2n) is 10.7. The third-order valence-corrected chi connectivity index (χ3v) is 8.45. The van der Waals surface area contributed by atoms with Gasteiger partial charge >= 0.3 is 0 Å². The van der Waals surface area contributed by atoms with Gasteiger partial charge in [-0.25, -0.2) is 0 Å². The Hall–Kier alpha value is -4.19. The number of phenols is 1. The van der Waals surface area contributed by atoms with E-state index in [4.69, 9.17) is 17.3 Å². The molecule has 2 aromatic carbocycles. The molecule has 0 fully saturated rings. The molecule has 3 aliphatic rings. The van der Waals surface area contributed by atoms with Gasteiger partial charge in [-0.05, 0) is 67.7 Å². The molecule has 0 aliphatic heterocycles. The van der Waals surface area contributed by atoms with Crippen LogP contribution < -0.4 is 11.1 Å². The van der Waals surface area contributed by atoms with Crippen LogP contribution in [0.4, 0.5) is 5.69 Å². The number of allylic oxidation sites excluding steroid dienone is 1. The van der Waals surface area contributed by atoms with Crippen molar-refractivity contribution in [2.45, 2.75) is 24.5 Å². The molecular weight excluding hydrogens is 554 g/mol. The number of rotatable bonds is 5. The normalized spacial score (nSPS) is 25.5. The van der Waals surface area contributed by atoms with Gasteiger partial charge in [0.25, 0.3) is 5.91 Å². The number of nitrogens with one attached hydrogen (secondary N) is 1. The number of nitrogens with two attached hydrogens (primary N) is 1. The summed E-state index contributed by atoms with van der Waals surface area (Å²) in [5.41, 5.74) is 3.84. The van der Waals surface area contributed by atoms with Crippen molar-refractivity contribution in [3.63, 3.8) is 0 Å². The maximum Gasteiger partial charge on any atom is 0.255 e. The molecule has 0 aromatic heterocycles. The summed E-state index contributed by atoms with van der Waals surface area (Å²) >= 11 is 5.55. The zero-order valence-electron chi connectivity index (χ0n) is 22.1. The summed E-state index contributed by atoms with van der Waals surface area (Å²) in [5, 5.41) is 47.4. The molecule has 7 N–H and O–H groups in total. The molecule has 41 heavy (non-hydrogen) atoms. The fourth-order valence-corrected chi connectivity index (χ4v) is 6.52. The minimum atomic E-state index is -2.69. The van der Waals surface area contributed by atoms with Crippen LogP contribution in [-0.4, -0.2) is 80.3 Å². The van der Waals surface area contributed by atoms with Crippen LogP contribution in [0, 0.1) is 11.8 Å². The number of nitrogens with zero attached hydrogens (tertiary/aromatic N) is 1. The highest BCUT2D eigenvalue weighted by molar-refractivity contribution is 6.29. The van der Waals surface area contributed by atoms with Crippen molar-refractivity contribution in [1.29, 1.82) is 0 Å². The maximum absolute atomic E-state index is 13.9. The summed E-state index contributed by atoms with van der Waals surface area (Å²) in [6.45, 7) is 0. The molecule has 0 bridgehead atoms. The fraction of sp³-hybridized carbons (Fsp3) is 0.310. The number of anilines is 1. The Morgan fingerprint density at radius 3 is 2.34 bits per heavy atom. The number of ketones is 2. The van der Waals surface area contributed by atoms with Gasteiger partial charge in [0.1, 0.15) is 28.7 Å². The minimum absolute atomic E-state index is 0.00967. The molecular formula is C29H28ClN3O8. The molecule has 214 valence electrons. The number of fused-ring (bicyclic) bond motifs is 3. The van der Waals surface area contributed by atoms with Crippen LogP contribution in [0.2, 0.25) is 0 Å². The average molecular weight is 582 g/mol. The van der Waals surface area contributed by atoms with E-state index in [2.05, 4.69) is 5.32 Å². The number of carbonyl (C=O) groups excluding carboxylic acids is 4. The number of hydrogen-bond donors (Lipinski definition) is 6. The van der Waals surface area contributed by atoms with Crippen molar-refractivity contribution in [3.8, 4) is 16.9 Å². The average Bonchev–Trinajstić information content (AvgIpc) is 2.91. The number of Topliss-reactive ketones (excluding diaryl/α,β-unsaturated/α-hetero) is 2. The lowest BCUT2D eigenvalue weighted by Crippen LogP contribution is -2.63. The van der Waals surface area contributed by atoms with Crippen molar-refractivity contribution < 1.29 is 39.6 Å². The highest BCUT2D eigenvalue weighted by Gasteiger charge is 2.63. The van der Waals surface area contributed by atoms with Gasteiger partial charge in [-0.15, -0.1) is 11.6 Å². The third kappa shape index (κ3) is 4.19. The van der Waals surface area contributed by atoms with Crippen molar-refractivity contribution in [3.05, 3.63) is 70.2 Å². The van der Waals surface area contributed by atoms with E-state index in [1.807, 2.05) is 0 Å². The number of primary amides is 1. The number of carbonyl (C=O) groups is 4. The predicted molar refractivity (Wildman–Crippen MR) is 148 cm³/mol. The molecule has 11 nitrogen and oxygen atoms in total. The van der Waals surface area contributed by atoms with Gasteiger partial charge in [-0.2, -0.15) is 0 Å². The Kier molecular flexibility index (Phi) is 6.93. The number of aliphatic hydroxyl groups is 3. The first-order valence-electron chi connectivity index (χ1n) is 12.8. The monoisotopic (exact) mass is 581 g/mol. The second kappa shape index (κ2) is 10.0. The van der Waals surface area contributed by atoms with E-state index >= 15 is 0 Å². The van der Waals surface area contributed by atoms with Crippen LogP contribution in [0.1, 0.15) is 22.3 Å². The molecule has 0 saturated heterocycles. The molecule has 0 radical (unpaired) electrons. The number of halogens is 1. The number of alkyl halides is 1. The lowest BCUT2D eigenvalue weighted by molar-refractivity contribution is -0.148. The first-order valence-corrected chi connectivity index (χ1v) is 13.3. The van der Waals surface area contributed by atoms with Crippen molar-refractivity contribution >= 4 is 40.7 Å². The van der Waals surface area contributed by atoms with E-state index in [1.54, 1.807) is 44.4 Å².